The van der Waals surface area contributed by atoms with E-state index in [1.165, 1.54) is 12.8 Å². The molecular weight excluding hydrogens is 240 g/mol. The van der Waals surface area contributed by atoms with Gasteiger partial charge in [-0.15, -0.1) is 0 Å². The average Bonchev–Trinajstić information content (AvgIpc) is 2.84. The highest BCUT2D eigenvalue weighted by Crippen LogP contribution is 2.28. The number of carbonyl (C=O) groups excluding carboxylic acids is 1. The van der Waals surface area contributed by atoms with Gasteiger partial charge < -0.3 is 15.7 Å². The molecule has 0 aromatic heterocycles. The van der Waals surface area contributed by atoms with E-state index < -0.39 is 0 Å². The molecule has 1 aliphatic rings. The predicted molar refractivity (Wildman–Crippen MR) is 77.7 cm³/mol. The molecule has 1 fully saturated rings. The third-order valence-electron chi connectivity index (χ3n) is 3.88. The highest BCUT2D eigenvalue weighted by atomic mass is 16.3. The van der Waals surface area contributed by atoms with Crippen LogP contribution in [-0.4, -0.2) is 41.7 Å². The molecule has 0 spiro atoms. The maximum Gasteiger partial charge on any atom is 0.227 e. The second-order valence-corrected chi connectivity index (χ2v) is 6.89. The molecule has 1 aliphatic carbocycles. The van der Waals surface area contributed by atoms with E-state index in [1.807, 2.05) is 4.90 Å². The largest absolute Gasteiger partial charge is 0.395 e. The zero-order valence-corrected chi connectivity index (χ0v) is 12.7. The summed E-state index contributed by atoms with van der Waals surface area (Å²) in [7, 11) is 0. The van der Waals surface area contributed by atoms with Gasteiger partial charge in [0, 0.05) is 19.1 Å². The molecule has 0 radical (unpaired) electrons. The van der Waals surface area contributed by atoms with Crippen LogP contribution in [0.4, 0.5) is 0 Å². The number of rotatable bonds is 6. The molecule has 0 saturated heterocycles. The summed E-state index contributed by atoms with van der Waals surface area (Å²) in [6.07, 6.45) is 5.31. The Morgan fingerprint density at radius 1 is 1.37 bits per heavy atom. The molecule has 1 saturated carbocycles. The van der Waals surface area contributed by atoms with Crippen LogP contribution in [0.5, 0.6) is 0 Å². The fourth-order valence-electron chi connectivity index (χ4n) is 3.04. The molecule has 0 aromatic rings. The van der Waals surface area contributed by atoms with Crippen LogP contribution >= 0.6 is 0 Å². The molecule has 4 nitrogen and oxygen atoms in total. The van der Waals surface area contributed by atoms with Gasteiger partial charge >= 0.3 is 0 Å². The van der Waals surface area contributed by atoms with Crippen molar-refractivity contribution in [1.29, 1.82) is 0 Å². The summed E-state index contributed by atoms with van der Waals surface area (Å²) < 4.78 is 0. The molecular formula is C15H30N2O2. The molecule has 1 amide bonds. The second-order valence-electron chi connectivity index (χ2n) is 6.89. The summed E-state index contributed by atoms with van der Waals surface area (Å²) in [5, 5.41) is 9.21. The van der Waals surface area contributed by atoms with E-state index in [0.29, 0.717) is 19.1 Å². The van der Waals surface area contributed by atoms with Crippen molar-refractivity contribution < 1.29 is 9.90 Å². The summed E-state index contributed by atoms with van der Waals surface area (Å²) in [5.41, 5.74) is 5.90. The first kappa shape index (κ1) is 16.4. The van der Waals surface area contributed by atoms with Crippen molar-refractivity contribution in [2.45, 2.75) is 58.9 Å². The molecule has 0 aliphatic heterocycles. The Morgan fingerprint density at radius 2 is 1.95 bits per heavy atom. The standard InChI is InChI=1S/C15H30N2O2/c1-15(2,3)10-12(11-16)14(19)17(8-9-18)13-6-4-5-7-13/h12-13,18H,4-11,16H2,1-3H3. The fraction of sp³-hybridized carbons (Fsp3) is 0.933. The quantitative estimate of drug-likeness (QED) is 0.773. The summed E-state index contributed by atoms with van der Waals surface area (Å²) >= 11 is 0. The van der Waals surface area contributed by atoms with Crippen LogP contribution in [0.3, 0.4) is 0 Å². The van der Waals surface area contributed by atoms with E-state index >= 15 is 0 Å². The molecule has 0 heterocycles. The van der Waals surface area contributed by atoms with Gasteiger partial charge in [0.1, 0.15) is 0 Å². The van der Waals surface area contributed by atoms with Gasteiger partial charge in [-0.2, -0.15) is 0 Å². The number of amides is 1. The number of nitrogens with two attached hydrogens (primary N) is 1. The van der Waals surface area contributed by atoms with E-state index in [0.717, 1.165) is 19.3 Å². The minimum atomic E-state index is -0.118. The Labute approximate surface area is 117 Å². The summed E-state index contributed by atoms with van der Waals surface area (Å²) in [4.78, 5) is 14.5. The SMILES string of the molecule is CC(C)(C)CC(CN)C(=O)N(CCO)C1CCCC1. The van der Waals surface area contributed by atoms with Crippen molar-refractivity contribution in [1.82, 2.24) is 4.90 Å². The van der Waals surface area contributed by atoms with Gasteiger partial charge in [0.25, 0.3) is 0 Å². The summed E-state index contributed by atoms with van der Waals surface area (Å²) in [6.45, 7) is 7.28. The van der Waals surface area contributed by atoms with E-state index in [9.17, 15) is 9.90 Å². The number of hydrogen-bond acceptors (Lipinski definition) is 3. The predicted octanol–water partition coefficient (Wildman–Crippen LogP) is 1.76. The van der Waals surface area contributed by atoms with Gasteiger partial charge in [0.05, 0.1) is 12.5 Å². The molecule has 19 heavy (non-hydrogen) atoms. The monoisotopic (exact) mass is 270 g/mol. The topological polar surface area (TPSA) is 66.6 Å². The molecule has 3 N–H and O–H groups in total. The lowest BCUT2D eigenvalue weighted by Gasteiger charge is -2.33. The van der Waals surface area contributed by atoms with Crippen LogP contribution in [0.1, 0.15) is 52.9 Å². The smallest absolute Gasteiger partial charge is 0.227 e. The molecule has 1 unspecified atom stereocenters. The van der Waals surface area contributed by atoms with Crippen LogP contribution < -0.4 is 5.73 Å². The van der Waals surface area contributed by atoms with Crippen molar-refractivity contribution in [3.8, 4) is 0 Å². The zero-order chi connectivity index (χ0) is 14.5. The minimum absolute atomic E-state index is 0.0368. The van der Waals surface area contributed by atoms with E-state index in [1.54, 1.807) is 0 Å². The second kappa shape index (κ2) is 7.25. The minimum Gasteiger partial charge on any atom is -0.395 e. The molecule has 0 bridgehead atoms. The van der Waals surface area contributed by atoms with Crippen LogP contribution in [0, 0.1) is 11.3 Å². The van der Waals surface area contributed by atoms with E-state index in [2.05, 4.69) is 20.8 Å². The molecule has 0 aromatic carbocycles. The highest BCUT2D eigenvalue weighted by molar-refractivity contribution is 5.79. The Hall–Kier alpha value is -0.610. The maximum atomic E-state index is 12.7. The Kier molecular flexibility index (Phi) is 6.27. The van der Waals surface area contributed by atoms with Crippen molar-refractivity contribution >= 4 is 5.91 Å². The van der Waals surface area contributed by atoms with Gasteiger partial charge in [-0.3, -0.25) is 4.79 Å². The van der Waals surface area contributed by atoms with Crippen molar-refractivity contribution in [2.24, 2.45) is 17.1 Å². The van der Waals surface area contributed by atoms with Crippen molar-refractivity contribution in [2.75, 3.05) is 19.7 Å². The van der Waals surface area contributed by atoms with E-state index in [4.69, 9.17) is 5.73 Å². The Morgan fingerprint density at radius 3 is 2.37 bits per heavy atom. The fourth-order valence-corrected chi connectivity index (χ4v) is 3.04. The highest BCUT2D eigenvalue weighted by Gasteiger charge is 2.32. The first-order valence-corrected chi connectivity index (χ1v) is 7.50. The lowest BCUT2D eigenvalue weighted by Crippen LogP contribution is -2.46. The Bertz CT molecular complexity index is 280. The third-order valence-corrected chi connectivity index (χ3v) is 3.88. The van der Waals surface area contributed by atoms with Gasteiger partial charge in [-0.05, 0) is 24.7 Å². The molecule has 112 valence electrons. The number of nitrogens with zero attached hydrogens (tertiary/aromatic N) is 1. The number of hydrogen-bond donors (Lipinski definition) is 2. The van der Waals surface area contributed by atoms with Crippen LogP contribution in [0.15, 0.2) is 0 Å². The normalized spacial score (nSPS) is 18.6. The maximum absolute atomic E-state index is 12.7. The molecule has 1 rings (SSSR count). The lowest BCUT2D eigenvalue weighted by molar-refractivity contribution is -0.139. The molecule has 4 heteroatoms. The van der Waals surface area contributed by atoms with Crippen molar-refractivity contribution in [3.63, 3.8) is 0 Å². The molecule has 1 atom stereocenters. The van der Waals surface area contributed by atoms with Crippen LogP contribution in [0.2, 0.25) is 0 Å². The van der Waals surface area contributed by atoms with Gasteiger partial charge in [-0.1, -0.05) is 33.6 Å². The first-order valence-electron chi connectivity index (χ1n) is 7.50. The third kappa shape index (κ3) is 5.11. The lowest BCUT2D eigenvalue weighted by atomic mass is 9.84. The summed E-state index contributed by atoms with van der Waals surface area (Å²) in [6, 6.07) is 0.314. The van der Waals surface area contributed by atoms with E-state index in [-0.39, 0.29) is 23.8 Å². The Balaban J connectivity index is 2.72. The number of aliphatic hydroxyl groups excluding tert-OH is 1. The zero-order valence-electron chi connectivity index (χ0n) is 12.7. The van der Waals surface area contributed by atoms with Crippen LogP contribution in [-0.2, 0) is 4.79 Å². The number of carbonyl (C=O) groups is 1. The van der Waals surface area contributed by atoms with Crippen molar-refractivity contribution in [3.05, 3.63) is 0 Å². The first-order chi connectivity index (χ1) is 8.89. The van der Waals surface area contributed by atoms with Gasteiger partial charge in [0.15, 0.2) is 0 Å². The van der Waals surface area contributed by atoms with Gasteiger partial charge in [-0.25, -0.2) is 0 Å². The van der Waals surface area contributed by atoms with Crippen LogP contribution in [0.25, 0.3) is 0 Å². The summed E-state index contributed by atoms with van der Waals surface area (Å²) in [5.74, 6) is 0.0190. The van der Waals surface area contributed by atoms with Gasteiger partial charge in [0.2, 0.25) is 5.91 Å². The number of aliphatic hydroxyl groups is 1. The average molecular weight is 270 g/mol.